The first kappa shape index (κ1) is 12.9. The molecule has 2 fully saturated rings. The third-order valence-corrected chi connectivity index (χ3v) is 3.76. The van der Waals surface area contributed by atoms with Crippen molar-refractivity contribution < 1.29 is 9.59 Å². The number of carbonyl (C=O) groups is 2. The third-order valence-electron chi connectivity index (χ3n) is 3.76. The van der Waals surface area contributed by atoms with Crippen LogP contribution in [0.2, 0.25) is 0 Å². The Labute approximate surface area is 116 Å². The molecule has 0 radical (unpaired) electrons. The number of imidazole rings is 1. The molecule has 8 heteroatoms. The standard InChI is InChI=1S/C12H18N6O2/c13-1-2-16-7-10(15-8-16)11(19)17-3-4-18-9(6-17)5-14-12(18)20/h7-9H,1-6,13H2,(H,14,20). The van der Waals surface area contributed by atoms with Gasteiger partial charge in [-0.3, -0.25) is 4.79 Å². The minimum atomic E-state index is -0.0835. The first-order valence-corrected chi connectivity index (χ1v) is 6.74. The molecular formula is C12H18N6O2. The molecule has 2 saturated heterocycles. The molecule has 8 nitrogen and oxygen atoms in total. The molecule has 2 aliphatic rings. The lowest BCUT2D eigenvalue weighted by atomic mass is 10.2. The van der Waals surface area contributed by atoms with Gasteiger partial charge >= 0.3 is 6.03 Å². The van der Waals surface area contributed by atoms with E-state index in [1.165, 1.54) is 0 Å². The predicted octanol–water partition coefficient (Wildman–Crippen LogP) is -1.31. The summed E-state index contributed by atoms with van der Waals surface area (Å²) in [6, 6.07) is 0.0423. The van der Waals surface area contributed by atoms with Crippen molar-refractivity contribution in [3.63, 3.8) is 0 Å². The Hall–Kier alpha value is -2.09. The number of amides is 3. The Morgan fingerprint density at radius 3 is 3.15 bits per heavy atom. The van der Waals surface area contributed by atoms with Crippen LogP contribution in [0.4, 0.5) is 4.79 Å². The highest BCUT2D eigenvalue weighted by atomic mass is 16.2. The van der Waals surface area contributed by atoms with Gasteiger partial charge in [-0.1, -0.05) is 0 Å². The molecule has 20 heavy (non-hydrogen) atoms. The van der Waals surface area contributed by atoms with Gasteiger partial charge in [0, 0.05) is 45.5 Å². The second kappa shape index (κ2) is 5.12. The van der Waals surface area contributed by atoms with Crippen LogP contribution < -0.4 is 11.1 Å². The topological polar surface area (TPSA) is 96.5 Å². The second-order valence-corrected chi connectivity index (χ2v) is 5.07. The van der Waals surface area contributed by atoms with Crippen molar-refractivity contribution in [3.05, 3.63) is 18.2 Å². The summed E-state index contributed by atoms with van der Waals surface area (Å²) in [7, 11) is 0. The van der Waals surface area contributed by atoms with E-state index in [1.807, 2.05) is 4.57 Å². The Morgan fingerprint density at radius 1 is 1.50 bits per heavy atom. The quantitative estimate of drug-likeness (QED) is 0.717. The van der Waals surface area contributed by atoms with Crippen molar-refractivity contribution in [2.75, 3.05) is 32.7 Å². The number of urea groups is 1. The SMILES string of the molecule is NCCn1cnc(C(=O)N2CCN3C(=O)NCC3C2)c1. The first-order valence-electron chi connectivity index (χ1n) is 6.74. The van der Waals surface area contributed by atoms with E-state index >= 15 is 0 Å². The number of carbonyl (C=O) groups excluding carboxylic acids is 2. The predicted molar refractivity (Wildman–Crippen MR) is 71.1 cm³/mol. The monoisotopic (exact) mass is 278 g/mol. The van der Waals surface area contributed by atoms with Gasteiger partial charge in [-0.15, -0.1) is 0 Å². The van der Waals surface area contributed by atoms with Crippen molar-refractivity contribution in [2.45, 2.75) is 12.6 Å². The van der Waals surface area contributed by atoms with E-state index in [0.29, 0.717) is 45.0 Å². The fourth-order valence-corrected chi connectivity index (χ4v) is 2.69. The van der Waals surface area contributed by atoms with E-state index in [0.717, 1.165) is 0 Å². The highest BCUT2D eigenvalue weighted by Gasteiger charge is 2.37. The van der Waals surface area contributed by atoms with Crippen LogP contribution >= 0.6 is 0 Å². The Balaban J connectivity index is 1.67. The summed E-state index contributed by atoms with van der Waals surface area (Å²) in [5.74, 6) is -0.0835. The molecule has 0 aliphatic carbocycles. The zero-order valence-electron chi connectivity index (χ0n) is 11.2. The van der Waals surface area contributed by atoms with Crippen LogP contribution in [0.15, 0.2) is 12.5 Å². The van der Waals surface area contributed by atoms with Gasteiger partial charge in [0.2, 0.25) is 0 Å². The van der Waals surface area contributed by atoms with Gasteiger partial charge in [-0.2, -0.15) is 0 Å². The van der Waals surface area contributed by atoms with E-state index in [1.54, 1.807) is 22.3 Å². The molecule has 1 atom stereocenters. The van der Waals surface area contributed by atoms with Crippen molar-refractivity contribution in [2.24, 2.45) is 5.73 Å². The van der Waals surface area contributed by atoms with Crippen LogP contribution in [0.1, 0.15) is 10.5 Å². The van der Waals surface area contributed by atoms with Crippen LogP contribution in [0.5, 0.6) is 0 Å². The van der Waals surface area contributed by atoms with Crippen LogP contribution in [0.3, 0.4) is 0 Å². The average Bonchev–Trinajstić information content (AvgIpc) is 3.06. The minimum Gasteiger partial charge on any atom is -0.336 e. The lowest BCUT2D eigenvalue weighted by Gasteiger charge is -2.36. The zero-order valence-corrected chi connectivity index (χ0v) is 11.2. The molecule has 2 aliphatic heterocycles. The number of nitrogens with one attached hydrogen (secondary N) is 1. The van der Waals surface area contributed by atoms with Crippen molar-refractivity contribution in [1.82, 2.24) is 24.7 Å². The van der Waals surface area contributed by atoms with Crippen molar-refractivity contribution in [1.29, 1.82) is 0 Å². The molecule has 3 amide bonds. The van der Waals surface area contributed by atoms with Crippen molar-refractivity contribution in [3.8, 4) is 0 Å². The number of aromatic nitrogens is 2. The first-order chi connectivity index (χ1) is 9.69. The molecule has 108 valence electrons. The molecule has 0 saturated carbocycles. The highest BCUT2D eigenvalue weighted by Crippen LogP contribution is 2.15. The molecule has 1 unspecified atom stereocenters. The molecular weight excluding hydrogens is 260 g/mol. The van der Waals surface area contributed by atoms with E-state index in [2.05, 4.69) is 10.3 Å². The van der Waals surface area contributed by atoms with Gasteiger partial charge < -0.3 is 25.4 Å². The fraction of sp³-hybridized carbons (Fsp3) is 0.583. The third kappa shape index (κ3) is 2.22. The maximum Gasteiger partial charge on any atom is 0.317 e. The van der Waals surface area contributed by atoms with E-state index in [9.17, 15) is 9.59 Å². The van der Waals surface area contributed by atoms with Crippen molar-refractivity contribution >= 4 is 11.9 Å². The minimum absolute atomic E-state index is 0.0330. The summed E-state index contributed by atoms with van der Waals surface area (Å²) in [6.45, 7) is 3.44. The summed E-state index contributed by atoms with van der Waals surface area (Å²) in [6.07, 6.45) is 3.34. The van der Waals surface area contributed by atoms with E-state index < -0.39 is 0 Å². The van der Waals surface area contributed by atoms with Gasteiger partial charge in [0.05, 0.1) is 12.4 Å². The fourth-order valence-electron chi connectivity index (χ4n) is 2.69. The van der Waals surface area contributed by atoms with E-state index in [4.69, 9.17) is 5.73 Å². The van der Waals surface area contributed by atoms with Crippen LogP contribution in [-0.2, 0) is 6.54 Å². The summed E-state index contributed by atoms with van der Waals surface area (Å²) in [5.41, 5.74) is 5.91. The summed E-state index contributed by atoms with van der Waals surface area (Å²) >= 11 is 0. The van der Waals surface area contributed by atoms with Crippen LogP contribution in [0.25, 0.3) is 0 Å². The lowest BCUT2D eigenvalue weighted by Crippen LogP contribution is -2.53. The lowest BCUT2D eigenvalue weighted by molar-refractivity contribution is 0.0611. The largest absolute Gasteiger partial charge is 0.336 e. The number of rotatable bonds is 3. The van der Waals surface area contributed by atoms with Gasteiger partial charge in [0.15, 0.2) is 0 Å². The van der Waals surface area contributed by atoms with Gasteiger partial charge in [0.25, 0.3) is 5.91 Å². The molecule has 0 aromatic carbocycles. The normalized spacial score (nSPS) is 21.9. The smallest absolute Gasteiger partial charge is 0.317 e. The molecule has 1 aromatic heterocycles. The number of fused-ring (bicyclic) bond motifs is 1. The second-order valence-electron chi connectivity index (χ2n) is 5.07. The summed E-state index contributed by atoms with van der Waals surface area (Å²) < 4.78 is 1.81. The molecule has 1 aromatic rings. The maximum atomic E-state index is 12.4. The molecule has 3 rings (SSSR count). The number of nitrogens with zero attached hydrogens (tertiary/aromatic N) is 4. The van der Waals surface area contributed by atoms with Gasteiger partial charge in [0.1, 0.15) is 5.69 Å². The Kier molecular flexibility index (Phi) is 3.31. The molecule has 3 N–H and O–H groups in total. The highest BCUT2D eigenvalue weighted by molar-refractivity contribution is 5.92. The number of hydrogen-bond acceptors (Lipinski definition) is 4. The average molecular weight is 278 g/mol. The Bertz CT molecular complexity index is 528. The molecule has 0 spiro atoms. The number of nitrogens with two attached hydrogens (primary N) is 1. The number of hydrogen-bond donors (Lipinski definition) is 2. The maximum absolute atomic E-state index is 12.4. The van der Waals surface area contributed by atoms with E-state index in [-0.39, 0.29) is 18.0 Å². The number of piperazine rings is 1. The summed E-state index contributed by atoms with van der Waals surface area (Å²) in [4.78, 5) is 31.6. The molecule has 0 bridgehead atoms. The zero-order chi connectivity index (χ0) is 14.1. The summed E-state index contributed by atoms with van der Waals surface area (Å²) in [5, 5.41) is 2.80. The van der Waals surface area contributed by atoms with Gasteiger partial charge in [-0.05, 0) is 0 Å². The van der Waals surface area contributed by atoms with Crippen LogP contribution in [0, 0.1) is 0 Å². The Morgan fingerprint density at radius 2 is 2.35 bits per heavy atom. The van der Waals surface area contributed by atoms with Crippen LogP contribution in [-0.4, -0.2) is 70.1 Å². The molecule has 3 heterocycles. The van der Waals surface area contributed by atoms with Gasteiger partial charge in [-0.25, -0.2) is 9.78 Å².